The van der Waals surface area contributed by atoms with Gasteiger partial charge in [-0.3, -0.25) is 0 Å². The second-order valence-corrected chi connectivity index (χ2v) is 37.4. The number of benzene rings is 4. The molecule has 46 heteroatoms. The highest BCUT2D eigenvalue weighted by Gasteiger charge is 2.43. The number of aliphatic hydroxyl groups excluding tert-OH is 3. The number of esters is 4. The zero-order chi connectivity index (χ0) is 101. The van der Waals surface area contributed by atoms with Gasteiger partial charge in [0, 0.05) is 56.4 Å². The molecule has 37 nitrogen and oxygen atoms in total. The molecular weight excluding hydrogens is 2020 g/mol. The Hall–Kier alpha value is -11.8. The minimum Gasteiger partial charge on any atom is -0.459 e. The van der Waals surface area contributed by atoms with Gasteiger partial charge in [0.1, 0.15) is 179 Å². The third kappa shape index (κ3) is 24.4. The first-order chi connectivity index (χ1) is 68.2. The van der Waals surface area contributed by atoms with E-state index >= 15 is 0 Å². The van der Waals surface area contributed by atoms with Gasteiger partial charge in [0.15, 0.2) is 0 Å². The van der Waals surface area contributed by atoms with Gasteiger partial charge < -0.3 is 103 Å². The molecule has 12 aromatic heterocycles. The first kappa shape index (κ1) is 104. The highest BCUT2D eigenvalue weighted by atomic mass is 35.5. The van der Waals surface area contributed by atoms with Crippen LogP contribution >= 0.6 is 104 Å². The number of fused-ring (bicyclic) bond motifs is 6. The molecule has 0 saturated carbocycles. The van der Waals surface area contributed by atoms with E-state index in [0.29, 0.717) is 150 Å². The van der Waals surface area contributed by atoms with Crippen LogP contribution in [-0.2, 0) is 42.6 Å². The summed E-state index contributed by atoms with van der Waals surface area (Å²) in [6.07, 6.45) is 17.4. The van der Waals surface area contributed by atoms with E-state index in [9.17, 15) is 29.4 Å². The number of aryl methyl sites for hydroxylation is 4. The summed E-state index contributed by atoms with van der Waals surface area (Å²) in [5.74, 6) is -0.0221. The summed E-state index contributed by atoms with van der Waals surface area (Å²) in [5.41, 5.74) is 26.6. The van der Waals surface area contributed by atoms with Crippen LogP contribution in [0.5, 0.6) is 0 Å². The van der Waals surface area contributed by atoms with Gasteiger partial charge in [-0.2, -0.15) is 0 Å². The number of nitrogens with one attached hydrogen (secondary N) is 2. The van der Waals surface area contributed by atoms with Crippen LogP contribution in [0.2, 0.25) is 40.6 Å². The average Bonchev–Trinajstić information content (AvgIpc) is 1.64. The summed E-state index contributed by atoms with van der Waals surface area (Å²) in [6.45, 7) is 13.8. The van der Waals surface area contributed by atoms with Crippen LogP contribution in [-0.4, -0.2) is 208 Å². The number of alkyl halides is 1. The quantitative estimate of drug-likeness (QED) is 0.0182. The van der Waals surface area contributed by atoms with E-state index in [2.05, 4.69) is 90.5 Å². The molecule has 17 heterocycles. The molecule has 5 fully saturated rings. The van der Waals surface area contributed by atoms with E-state index in [0.717, 1.165) is 58.2 Å². The van der Waals surface area contributed by atoms with E-state index in [4.69, 9.17) is 169 Å². The van der Waals surface area contributed by atoms with Crippen LogP contribution < -0.4 is 17.2 Å². The van der Waals surface area contributed by atoms with Gasteiger partial charge in [-0.1, -0.05) is 196 Å². The Kier molecular flexibility index (Phi) is 34.7. The lowest BCUT2D eigenvalue weighted by Gasteiger charge is -2.19. The number of aliphatic hydroxyl groups is 3. The van der Waals surface area contributed by atoms with E-state index in [1.165, 1.54) is 38.0 Å². The number of halogens is 9. The molecule has 0 radical (unpaired) electrons. The van der Waals surface area contributed by atoms with E-state index in [1.54, 1.807) is 88.6 Å². The van der Waals surface area contributed by atoms with Crippen molar-refractivity contribution in [1.82, 2.24) is 88.0 Å². The van der Waals surface area contributed by atoms with Gasteiger partial charge in [-0.25, -0.2) is 79.0 Å². The summed E-state index contributed by atoms with van der Waals surface area (Å²) in [6, 6.07) is 30.2. The average molecular weight is 2120 g/mol. The Morgan fingerprint density at radius 1 is 0.394 bits per heavy atom. The van der Waals surface area contributed by atoms with Crippen molar-refractivity contribution in [2.45, 2.75) is 166 Å². The molecule has 4 aromatic carbocycles. The van der Waals surface area contributed by atoms with Crippen LogP contribution in [0.4, 0.5) is 17.5 Å². The number of nitrogen functional groups attached to an aromatic ring is 3. The first-order valence-electron chi connectivity index (χ1n) is 44.6. The summed E-state index contributed by atoms with van der Waals surface area (Å²) in [5, 5.41) is 35.6. The lowest BCUT2D eigenvalue weighted by Crippen LogP contribution is -2.32. The number of carbonyl (C=O) groups is 4. The minimum atomic E-state index is -0.720. The minimum absolute atomic E-state index is 0.0156. The number of hydrogen-bond donors (Lipinski definition) is 8. The molecule has 5 saturated heterocycles. The molecule has 15 atom stereocenters. The predicted molar refractivity (Wildman–Crippen MR) is 537 cm³/mol. The number of ether oxygens (including phenoxy) is 9. The van der Waals surface area contributed by atoms with Crippen molar-refractivity contribution >= 4 is 212 Å². The van der Waals surface area contributed by atoms with Crippen molar-refractivity contribution in [2.75, 3.05) is 43.6 Å². The fraction of sp³-hybridized carbons (Fsp3) is 0.333. The van der Waals surface area contributed by atoms with Crippen molar-refractivity contribution < 1.29 is 77.1 Å². The van der Waals surface area contributed by atoms with Crippen molar-refractivity contribution in [1.29, 1.82) is 0 Å². The van der Waals surface area contributed by atoms with Gasteiger partial charge in [-0.15, -0.1) is 0 Å². The fourth-order valence-electron chi connectivity index (χ4n) is 16.4. The van der Waals surface area contributed by atoms with Gasteiger partial charge in [-0.05, 0) is 113 Å². The Labute approximate surface area is 856 Å². The van der Waals surface area contributed by atoms with Crippen LogP contribution in [0.3, 0.4) is 0 Å². The molecule has 142 heavy (non-hydrogen) atoms. The zero-order valence-electron chi connectivity index (χ0n) is 76.9. The second-order valence-electron chi connectivity index (χ2n) is 33.8. The molecule has 0 bridgehead atoms. The van der Waals surface area contributed by atoms with Gasteiger partial charge in [0.05, 0.1) is 111 Å². The number of nitrogens with two attached hydrogens (primary N) is 3. The molecule has 0 amide bonds. The molecular formula is C96H96Cl9N21O16. The Bertz CT molecular complexity index is 6870. The van der Waals surface area contributed by atoms with Crippen LogP contribution in [0.15, 0.2) is 178 Å². The lowest BCUT2D eigenvalue weighted by atomic mass is 10.0. The maximum atomic E-state index is 12.9. The molecule has 0 spiro atoms. The molecule has 11 N–H and O–H groups in total. The van der Waals surface area contributed by atoms with Gasteiger partial charge in [0.25, 0.3) is 0 Å². The summed E-state index contributed by atoms with van der Waals surface area (Å²) >= 11 is 54.5. The zero-order valence-corrected chi connectivity index (χ0v) is 83.7. The summed E-state index contributed by atoms with van der Waals surface area (Å²) in [4.78, 5) is 104. The standard InChI is InChI=1S/C27H23Cl2N3O5.C21H21ClO5.C13H17ClN4O.C12H15ClN4O2.C11H13ClN4O3.C6H3Cl2N3.C6H4ClN3/c1-15-3-7-17(8-4-15)26(33)35-13-21-20(37-27(34)18-9-5-16(2)6-10-18)11-22(36-21)32-12-19(28)23-24(29)30-14-31-25(23)32;1-13-3-7-15(8-4-13)20(23)25-12-18-17(11-19(22)26-18)27-21(24)16-9-5-14(2)6-10-16;1-3-9-7(2)4-10(19-9)18-5-8(14)11-12(15)16-6-17-13(11)18;1-6-2-9(19-8(6)4-18)17-3-7(13)10-11(14)15-5-16-12(10)17;12-5-2-16(8-1-6(18)7(3-17)19-8)11-9(5)10(13)14-4-15-11;7-3-1-9-6-4(3)5(8)10-2-11-6;7-5-4-1-2-8-6(4)10-3-9-5/h3-10,12,14,20-22H,11,13H2,1-2H3;3-10,17-19H,11-12H2,1-2H3;5-7,9-10H,3-4H2,1-2H3,(H2,15,16,17);3,5-6,8-9,18H,2,4H2,1H3,(H2,14,15,16);2,4,6-8,17-18H,1,3H2,(H2,13,14,15);1-2H,(H,9,10,11);1-3H,(H,8,9,10)/t20-,21+,22+;17-,18+,19-;7-,9+,10+;6-,8+,9+;6-,7+,8+;;/m00000../s1. The third-order valence-corrected chi connectivity index (χ3v) is 26.6. The van der Waals surface area contributed by atoms with Crippen LogP contribution in [0.25, 0.3) is 66.2 Å². The van der Waals surface area contributed by atoms with Gasteiger partial charge >= 0.3 is 23.9 Å². The molecule has 0 aliphatic carbocycles. The predicted octanol–water partition coefficient (Wildman–Crippen LogP) is 18.5. The largest absolute Gasteiger partial charge is 0.459 e. The Balaban J connectivity index is 0.000000130. The van der Waals surface area contributed by atoms with Crippen molar-refractivity contribution in [3.05, 3.63) is 263 Å². The van der Waals surface area contributed by atoms with E-state index in [-0.39, 0.29) is 62.5 Å². The van der Waals surface area contributed by atoms with E-state index < -0.39 is 78.5 Å². The molecule has 5 aliphatic rings. The fourth-order valence-corrected chi connectivity index (χ4v) is 18.8. The Morgan fingerprint density at radius 3 is 1.16 bits per heavy atom. The third-order valence-electron chi connectivity index (χ3n) is 24.0. The number of H-pyrrole nitrogens is 2. The number of nitrogens with zero attached hydrogens (tertiary/aromatic N) is 16. The van der Waals surface area contributed by atoms with Crippen LogP contribution in [0, 0.1) is 39.5 Å². The monoisotopic (exact) mass is 2110 g/mol. The number of rotatable bonds is 17. The smallest absolute Gasteiger partial charge is 0.338 e. The maximum absolute atomic E-state index is 12.9. The van der Waals surface area contributed by atoms with Gasteiger partial charge in [0.2, 0.25) is 0 Å². The number of anilines is 3. The number of hydrogen-bond acceptors (Lipinski definition) is 31. The Morgan fingerprint density at radius 2 is 0.746 bits per heavy atom. The molecule has 5 aliphatic heterocycles. The molecule has 16 aromatic rings. The topological polar surface area (TPSA) is 496 Å². The SMILES string of the molecule is CC[C@H]1O[C@@H](n2cc(Cl)c3c(N)ncnc32)C[C@@H]1C.C[C@H]1C[C@H](n2cc(Cl)c3c(N)ncnc32)O[C@@H]1CO.Cc1ccc(C(=O)OC[C@H]2O[C@@H](n3cc(Cl)c4c(Cl)ncnc43)C[C@@H]2OC(=O)c2ccc(C)cc2)cc1.Cc1ccc(C(=O)OC[C@H]2O[C@H](Cl)C[C@@H]2OC(=O)c2ccc(C)cc2)cc1.Clc1c[nH]c2ncnc(Cl)c12.Clc1ncnc2[nH]ccc12.Nc1ncnc2c1c(Cl)cn2[C@H]1C[C@H](O)[C@@H](CO)O1. The van der Waals surface area contributed by atoms with Crippen molar-refractivity contribution in [3.63, 3.8) is 0 Å². The second kappa shape index (κ2) is 47.1. The highest BCUT2D eigenvalue weighted by molar-refractivity contribution is 6.42. The van der Waals surface area contributed by atoms with Crippen molar-refractivity contribution in [3.8, 4) is 0 Å². The normalized spacial score (nSPS) is 21.6. The number of carbonyl (C=O) groups excluding carboxylic acids is 4. The van der Waals surface area contributed by atoms with Crippen molar-refractivity contribution in [2.24, 2.45) is 11.8 Å². The van der Waals surface area contributed by atoms with E-state index in [1.807, 2.05) is 97.6 Å². The first-order valence-corrected chi connectivity index (χ1v) is 48.1. The lowest BCUT2D eigenvalue weighted by molar-refractivity contribution is -0.0562. The molecule has 21 rings (SSSR count). The van der Waals surface area contributed by atoms with Crippen LogP contribution in [0.1, 0.15) is 148 Å². The molecule has 0 unspecified atom stereocenters. The highest BCUT2D eigenvalue weighted by Crippen LogP contribution is 2.44. The number of aromatic amines is 2. The maximum Gasteiger partial charge on any atom is 0.338 e. The number of aromatic nitrogens is 18. The summed E-state index contributed by atoms with van der Waals surface area (Å²) < 4.78 is 58.7. The summed E-state index contributed by atoms with van der Waals surface area (Å²) in [7, 11) is 0. The molecule has 744 valence electrons.